The van der Waals surface area contributed by atoms with E-state index in [0.29, 0.717) is 5.84 Å². The predicted molar refractivity (Wildman–Crippen MR) is 261 cm³/mol. The van der Waals surface area contributed by atoms with Crippen LogP contribution in [0.4, 0.5) is 0 Å². The second kappa shape index (κ2) is 15.8. The van der Waals surface area contributed by atoms with E-state index in [1.54, 1.807) is 0 Å². The van der Waals surface area contributed by atoms with Crippen molar-refractivity contribution in [2.75, 3.05) is 0 Å². The van der Waals surface area contributed by atoms with Crippen molar-refractivity contribution in [2.24, 2.45) is 10.7 Å². The molecule has 2 heterocycles. The highest BCUT2D eigenvalue weighted by Gasteiger charge is 2.16. The van der Waals surface area contributed by atoms with Gasteiger partial charge in [0.25, 0.3) is 0 Å². The van der Waals surface area contributed by atoms with Gasteiger partial charge in [-0.2, -0.15) is 0 Å². The molecule has 4 heteroatoms. The van der Waals surface area contributed by atoms with Crippen LogP contribution in [0.3, 0.4) is 0 Å². The van der Waals surface area contributed by atoms with Crippen molar-refractivity contribution in [2.45, 2.75) is 6.42 Å². The largest absolute Gasteiger partial charge is 0.383 e. The Morgan fingerprint density at radius 2 is 0.839 bits per heavy atom. The Morgan fingerprint density at radius 3 is 1.42 bits per heavy atom. The lowest BCUT2D eigenvalue weighted by Crippen LogP contribution is -2.13. The van der Waals surface area contributed by atoms with E-state index in [4.69, 9.17) is 10.7 Å². The van der Waals surface area contributed by atoms with Crippen LogP contribution in [0.1, 0.15) is 16.7 Å². The summed E-state index contributed by atoms with van der Waals surface area (Å²) in [5.74, 6) is 0.474. The van der Waals surface area contributed by atoms with Gasteiger partial charge < -0.3 is 14.9 Å². The molecule has 0 radical (unpaired) electrons. The fourth-order valence-corrected chi connectivity index (χ4v) is 8.93. The molecule has 0 fully saturated rings. The molecule has 294 valence electrons. The molecule has 4 nitrogen and oxygen atoms in total. The third kappa shape index (κ3) is 6.74. The van der Waals surface area contributed by atoms with E-state index in [2.05, 4.69) is 215 Å². The van der Waals surface area contributed by atoms with Gasteiger partial charge in [0, 0.05) is 38.5 Å². The van der Waals surface area contributed by atoms with E-state index < -0.39 is 0 Å². The Labute approximate surface area is 360 Å². The molecule has 2 aromatic heterocycles. The van der Waals surface area contributed by atoms with Crippen LogP contribution >= 0.6 is 0 Å². The molecule has 0 aliphatic rings. The lowest BCUT2D eigenvalue weighted by Gasteiger charge is -2.11. The zero-order chi connectivity index (χ0) is 41.4. The molecule has 0 unspecified atom stereocenters. The first-order chi connectivity index (χ1) is 30.7. The van der Waals surface area contributed by atoms with Crippen molar-refractivity contribution >= 4 is 55.1 Å². The van der Waals surface area contributed by atoms with E-state index in [0.717, 1.165) is 45.7 Å². The van der Waals surface area contributed by atoms with Crippen LogP contribution in [-0.2, 0) is 6.42 Å². The Hall–Kier alpha value is -8.21. The second-order valence-corrected chi connectivity index (χ2v) is 15.8. The Kier molecular flexibility index (Phi) is 9.36. The first kappa shape index (κ1) is 36.8. The summed E-state index contributed by atoms with van der Waals surface area (Å²) >= 11 is 0. The van der Waals surface area contributed by atoms with Crippen LogP contribution < -0.4 is 5.73 Å². The minimum absolute atomic E-state index is 0.474. The smallest absolute Gasteiger partial charge is 0.131 e. The third-order valence-electron chi connectivity index (χ3n) is 12.0. The Balaban J connectivity index is 0.919. The van der Waals surface area contributed by atoms with Gasteiger partial charge >= 0.3 is 0 Å². The topological polar surface area (TPSA) is 48.2 Å². The van der Waals surface area contributed by atoms with Crippen molar-refractivity contribution in [3.8, 4) is 33.6 Å². The van der Waals surface area contributed by atoms with Crippen molar-refractivity contribution in [1.82, 2.24) is 9.13 Å². The number of aromatic nitrogens is 2. The number of para-hydroxylation sites is 3. The van der Waals surface area contributed by atoms with Crippen molar-refractivity contribution in [1.29, 1.82) is 0 Å². The number of nitrogens with zero attached hydrogens (tertiary/aromatic N) is 3. The van der Waals surface area contributed by atoms with Crippen molar-refractivity contribution in [3.63, 3.8) is 0 Å². The number of aliphatic imine (C=N–C) groups is 1. The number of rotatable bonds is 9. The highest BCUT2D eigenvalue weighted by molar-refractivity contribution is 6.13. The average molecular weight is 795 g/mol. The molecular weight excluding hydrogens is 753 g/mol. The van der Waals surface area contributed by atoms with Gasteiger partial charge in [-0.15, -0.1) is 0 Å². The molecular formula is C58H42N4. The maximum atomic E-state index is 6.81. The summed E-state index contributed by atoms with van der Waals surface area (Å²) in [5.41, 5.74) is 22.5. The molecule has 2 N–H and O–H groups in total. The molecule has 9 aromatic carbocycles. The van der Waals surface area contributed by atoms with Crippen LogP contribution in [0.2, 0.25) is 0 Å². The van der Waals surface area contributed by atoms with E-state index >= 15 is 0 Å². The van der Waals surface area contributed by atoms with Gasteiger partial charge in [-0.3, -0.25) is 0 Å². The minimum Gasteiger partial charge on any atom is -0.383 e. The van der Waals surface area contributed by atoms with Gasteiger partial charge in [0.2, 0.25) is 0 Å². The molecule has 11 aromatic rings. The quantitative estimate of drug-likeness (QED) is 0.115. The summed E-state index contributed by atoms with van der Waals surface area (Å²) in [4.78, 5) is 5.03. The standard InChI is InChI=1S/C58H42N4/c59-58(60-53(43-16-6-2-7-17-43)35-26-40-24-27-42(28-25-40)41-14-4-1-5-15-41)44-29-33-48(34-30-44)62-55-23-13-11-21-50(55)52-39-46(32-37-57(52)62)45-31-36-56-51(38-45)49-20-10-12-22-54(49)61(56)47-18-8-3-9-19-47/h1-25,27-39H,26H2,(H2,59,60)/b53-35-. The van der Waals surface area contributed by atoms with Crippen LogP contribution in [0, 0.1) is 0 Å². The molecule has 0 aliphatic carbocycles. The number of amidine groups is 1. The molecule has 0 aliphatic heterocycles. The number of hydrogen-bond acceptors (Lipinski definition) is 1. The van der Waals surface area contributed by atoms with Crippen LogP contribution in [0.15, 0.2) is 236 Å². The van der Waals surface area contributed by atoms with E-state index in [-0.39, 0.29) is 0 Å². The van der Waals surface area contributed by atoms with E-state index in [1.165, 1.54) is 60.4 Å². The average Bonchev–Trinajstić information content (AvgIpc) is 3.86. The number of benzene rings is 9. The molecule has 0 bridgehead atoms. The number of hydrogen-bond donors (Lipinski definition) is 1. The highest BCUT2D eigenvalue weighted by Crippen LogP contribution is 2.38. The fraction of sp³-hybridized carbons (Fsp3) is 0.0172. The highest BCUT2D eigenvalue weighted by atomic mass is 15.0. The van der Waals surface area contributed by atoms with Crippen LogP contribution in [0.5, 0.6) is 0 Å². The predicted octanol–water partition coefficient (Wildman–Crippen LogP) is 14.2. The summed E-state index contributed by atoms with van der Waals surface area (Å²) in [6, 6.07) is 79.7. The Morgan fingerprint density at radius 1 is 0.387 bits per heavy atom. The van der Waals surface area contributed by atoms with Gasteiger partial charge in [-0.25, -0.2) is 4.99 Å². The van der Waals surface area contributed by atoms with Crippen LogP contribution in [-0.4, -0.2) is 15.0 Å². The first-order valence-electron chi connectivity index (χ1n) is 21.1. The minimum atomic E-state index is 0.474. The van der Waals surface area contributed by atoms with Gasteiger partial charge in [0.05, 0.1) is 27.8 Å². The molecule has 11 rings (SSSR count). The molecule has 0 saturated carbocycles. The van der Waals surface area contributed by atoms with Gasteiger partial charge in [-0.1, -0.05) is 158 Å². The maximum absolute atomic E-state index is 6.81. The van der Waals surface area contributed by atoms with E-state index in [9.17, 15) is 0 Å². The lowest BCUT2D eigenvalue weighted by atomic mass is 10.0. The summed E-state index contributed by atoms with van der Waals surface area (Å²) in [6.07, 6.45) is 2.90. The zero-order valence-corrected chi connectivity index (χ0v) is 34.1. The van der Waals surface area contributed by atoms with Gasteiger partial charge in [0.15, 0.2) is 0 Å². The molecule has 0 spiro atoms. The normalized spacial score (nSPS) is 12.2. The SMILES string of the molecule is NC(=N/C(=C\Cc1ccc(-c2ccccc2)cc1)c1ccccc1)c1ccc(-n2c3ccccc3c3cc(-c4ccc5c(c4)c4ccccc4n5-c4ccccc4)ccc32)cc1. The summed E-state index contributed by atoms with van der Waals surface area (Å²) in [7, 11) is 0. The summed E-state index contributed by atoms with van der Waals surface area (Å²) < 4.78 is 4.71. The lowest BCUT2D eigenvalue weighted by molar-refractivity contribution is 1.18. The summed E-state index contributed by atoms with van der Waals surface area (Å²) in [6.45, 7) is 0. The molecule has 62 heavy (non-hydrogen) atoms. The van der Waals surface area contributed by atoms with E-state index in [1.807, 2.05) is 24.3 Å². The monoisotopic (exact) mass is 794 g/mol. The number of fused-ring (bicyclic) bond motifs is 6. The number of allylic oxidation sites excluding steroid dienone is 1. The zero-order valence-electron chi connectivity index (χ0n) is 34.1. The molecule has 0 saturated heterocycles. The van der Waals surface area contributed by atoms with Gasteiger partial charge in [0.1, 0.15) is 5.84 Å². The second-order valence-electron chi connectivity index (χ2n) is 15.8. The third-order valence-corrected chi connectivity index (χ3v) is 12.0. The van der Waals surface area contributed by atoms with Gasteiger partial charge in [-0.05, 0) is 113 Å². The maximum Gasteiger partial charge on any atom is 0.131 e. The fourth-order valence-electron chi connectivity index (χ4n) is 8.93. The number of nitrogens with two attached hydrogens (primary N) is 1. The first-order valence-corrected chi connectivity index (χ1v) is 21.1. The summed E-state index contributed by atoms with van der Waals surface area (Å²) in [5, 5.41) is 4.91. The van der Waals surface area contributed by atoms with Crippen molar-refractivity contribution in [3.05, 3.63) is 247 Å². The Bertz CT molecular complexity index is 3450. The molecule has 0 amide bonds. The van der Waals surface area contributed by atoms with Crippen LogP contribution in [0.25, 0.3) is 82.9 Å². The van der Waals surface area contributed by atoms with Crippen molar-refractivity contribution < 1.29 is 0 Å². The molecule has 0 atom stereocenters.